The molecule has 0 aliphatic heterocycles. The summed E-state index contributed by atoms with van der Waals surface area (Å²) >= 11 is 0. The van der Waals surface area contributed by atoms with Crippen LogP contribution < -0.4 is 0 Å². The topological polar surface area (TPSA) is 32.6 Å². The lowest BCUT2D eigenvalue weighted by Crippen LogP contribution is -1.94. The number of benzene rings is 2. The number of rotatable bonds is 4. The lowest BCUT2D eigenvalue weighted by Gasteiger charge is -2.04. The molecule has 0 bridgehead atoms. The summed E-state index contributed by atoms with van der Waals surface area (Å²) in [4.78, 5) is 0. The van der Waals surface area contributed by atoms with Gasteiger partial charge < -0.3 is 5.21 Å². The molecule has 0 atom stereocenters. The molecule has 0 aliphatic carbocycles. The van der Waals surface area contributed by atoms with Crippen LogP contribution in [0.15, 0.2) is 59.8 Å². The van der Waals surface area contributed by atoms with Gasteiger partial charge in [0.1, 0.15) is 0 Å². The standard InChI is InChI=1S/C16H17NO/c1-13(17-18)7-8-14-9-11-16(12-10-14)15-5-3-2-4-6-15/h2-6,9-12,18H,7-8H2,1H3. The van der Waals surface area contributed by atoms with Crippen LogP contribution in [-0.4, -0.2) is 10.9 Å². The maximum atomic E-state index is 8.59. The zero-order valence-electron chi connectivity index (χ0n) is 10.5. The summed E-state index contributed by atoms with van der Waals surface area (Å²) in [6, 6.07) is 18.9. The Morgan fingerprint density at radius 3 is 2.17 bits per heavy atom. The smallest absolute Gasteiger partial charge is 0.0543 e. The Morgan fingerprint density at radius 1 is 0.944 bits per heavy atom. The predicted molar refractivity (Wildman–Crippen MR) is 75.1 cm³/mol. The second-order valence-corrected chi connectivity index (χ2v) is 4.40. The first-order valence-corrected chi connectivity index (χ1v) is 6.11. The summed E-state index contributed by atoms with van der Waals surface area (Å²) in [5, 5.41) is 11.8. The summed E-state index contributed by atoms with van der Waals surface area (Å²) in [5.74, 6) is 0. The Labute approximate surface area is 108 Å². The third-order valence-electron chi connectivity index (χ3n) is 3.01. The molecule has 0 aliphatic rings. The van der Waals surface area contributed by atoms with Gasteiger partial charge in [0.25, 0.3) is 0 Å². The number of aryl methyl sites for hydroxylation is 1. The maximum absolute atomic E-state index is 8.59. The van der Waals surface area contributed by atoms with Crippen molar-refractivity contribution in [1.29, 1.82) is 0 Å². The van der Waals surface area contributed by atoms with Crippen LogP contribution in [-0.2, 0) is 6.42 Å². The molecule has 1 N–H and O–H groups in total. The monoisotopic (exact) mass is 239 g/mol. The highest BCUT2D eigenvalue weighted by molar-refractivity contribution is 5.81. The fourth-order valence-electron chi connectivity index (χ4n) is 1.87. The van der Waals surface area contributed by atoms with Crippen LogP contribution in [0.4, 0.5) is 0 Å². The van der Waals surface area contributed by atoms with E-state index >= 15 is 0 Å². The van der Waals surface area contributed by atoms with Gasteiger partial charge >= 0.3 is 0 Å². The van der Waals surface area contributed by atoms with Crippen LogP contribution >= 0.6 is 0 Å². The first-order valence-electron chi connectivity index (χ1n) is 6.11. The second-order valence-electron chi connectivity index (χ2n) is 4.40. The van der Waals surface area contributed by atoms with Crippen LogP contribution in [0, 0.1) is 0 Å². The van der Waals surface area contributed by atoms with Crippen molar-refractivity contribution < 1.29 is 5.21 Å². The molecule has 0 aromatic heterocycles. The van der Waals surface area contributed by atoms with Crippen molar-refractivity contribution in [3.8, 4) is 11.1 Å². The van der Waals surface area contributed by atoms with Crippen molar-refractivity contribution in [1.82, 2.24) is 0 Å². The van der Waals surface area contributed by atoms with Gasteiger partial charge in [-0.1, -0.05) is 59.8 Å². The van der Waals surface area contributed by atoms with E-state index in [1.807, 2.05) is 25.1 Å². The third-order valence-corrected chi connectivity index (χ3v) is 3.01. The molecule has 2 aromatic rings. The van der Waals surface area contributed by atoms with Gasteiger partial charge in [-0.15, -0.1) is 0 Å². The van der Waals surface area contributed by atoms with E-state index in [2.05, 4.69) is 41.6 Å². The predicted octanol–water partition coefficient (Wildman–Crippen LogP) is 4.14. The molecule has 0 unspecified atom stereocenters. The van der Waals surface area contributed by atoms with Crippen molar-refractivity contribution >= 4 is 5.71 Å². The summed E-state index contributed by atoms with van der Waals surface area (Å²) in [6.45, 7) is 1.83. The summed E-state index contributed by atoms with van der Waals surface area (Å²) in [6.07, 6.45) is 1.70. The van der Waals surface area contributed by atoms with Crippen LogP contribution in [0.3, 0.4) is 0 Å². The number of nitrogens with zero attached hydrogens (tertiary/aromatic N) is 1. The Balaban J connectivity index is 2.06. The van der Waals surface area contributed by atoms with Crippen molar-refractivity contribution in [3.05, 3.63) is 60.2 Å². The molecule has 2 rings (SSSR count). The maximum Gasteiger partial charge on any atom is 0.0543 e. The molecular weight excluding hydrogens is 222 g/mol. The van der Waals surface area contributed by atoms with E-state index < -0.39 is 0 Å². The van der Waals surface area contributed by atoms with Gasteiger partial charge in [0, 0.05) is 0 Å². The molecule has 92 valence electrons. The molecule has 0 radical (unpaired) electrons. The molecule has 18 heavy (non-hydrogen) atoms. The fraction of sp³-hybridized carbons (Fsp3) is 0.188. The highest BCUT2D eigenvalue weighted by atomic mass is 16.4. The SMILES string of the molecule is CC(CCc1ccc(-c2ccccc2)cc1)=NO. The van der Waals surface area contributed by atoms with E-state index in [1.165, 1.54) is 16.7 Å². The first kappa shape index (κ1) is 12.4. The second kappa shape index (κ2) is 6.01. The minimum atomic E-state index is 0.766. The van der Waals surface area contributed by atoms with E-state index in [0.717, 1.165) is 18.6 Å². The van der Waals surface area contributed by atoms with Gasteiger partial charge in [0.2, 0.25) is 0 Å². The average molecular weight is 239 g/mol. The van der Waals surface area contributed by atoms with Gasteiger partial charge in [-0.05, 0) is 36.5 Å². The Morgan fingerprint density at radius 2 is 1.56 bits per heavy atom. The van der Waals surface area contributed by atoms with E-state index in [4.69, 9.17) is 5.21 Å². The molecular formula is C16H17NO. The molecule has 2 nitrogen and oxygen atoms in total. The van der Waals surface area contributed by atoms with Crippen molar-refractivity contribution in [2.24, 2.45) is 5.16 Å². The van der Waals surface area contributed by atoms with E-state index in [-0.39, 0.29) is 0 Å². The quantitative estimate of drug-likeness (QED) is 0.485. The molecule has 0 amide bonds. The molecule has 0 spiro atoms. The number of hydrogen-bond acceptors (Lipinski definition) is 2. The average Bonchev–Trinajstić information content (AvgIpc) is 2.46. The minimum absolute atomic E-state index is 0.766. The van der Waals surface area contributed by atoms with Gasteiger partial charge in [-0.3, -0.25) is 0 Å². The van der Waals surface area contributed by atoms with Crippen LogP contribution in [0.2, 0.25) is 0 Å². The molecule has 0 heterocycles. The Bertz CT molecular complexity index is 515. The van der Waals surface area contributed by atoms with Crippen LogP contribution in [0.25, 0.3) is 11.1 Å². The summed E-state index contributed by atoms with van der Waals surface area (Å²) < 4.78 is 0. The highest BCUT2D eigenvalue weighted by Gasteiger charge is 1.99. The molecule has 2 aromatic carbocycles. The lowest BCUT2D eigenvalue weighted by atomic mass is 10.0. The van der Waals surface area contributed by atoms with Crippen molar-refractivity contribution in [3.63, 3.8) is 0 Å². The summed E-state index contributed by atoms with van der Waals surface area (Å²) in [5.41, 5.74) is 4.49. The van der Waals surface area contributed by atoms with E-state index in [1.54, 1.807) is 0 Å². The van der Waals surface area contributed by atoms with Gasteiger partial charge in [-0.2, -0.15) is 0 Å². The zero-order valence-corrected chi connectivity index (χ0v) is 10.5. The largest absolute Gasteiger partial charge is 0.411 e. The van der Waals surface area contributed by atoms with Crippen LogP contribution in [0.5, 0.6) is 0 Å². The number of hydrogen-bond donors (Lipinski definition) is 1. The van der Waals surface area contributed by atoms with Crippen molar-refractivity contribution in [2.75, 3.05) is 0 Å². The zero-order chi connectivity index (χ0) is 12.8. The molecule has 2 heteroatoms. The highest BCUT2D eigenvalue weighted by Crippen LogP contribution is 2.19. The molecule has 0 saturated heterocycles. The fourth-order valence-corrected chi connectivity index (χ4v) is 1.87. The Hall–Kier alpha value is -2.09. The van der Waals surface area contributed by atoms with Gasteiger partial charge in [0.05, 0.1) is 5.71 Å². The first-order chi connectivity index (χ1) is 8.79. The minimum Gasteiger partial charge on any atom is -0.411 e. The third kappa shape index (κ3) is 3.20. The van der Waals surface area contributed by atoms with Crippen LogP contribution in [0.1, 0.15) is 18.9 Å². The van der Waals surface area contributed by atoms with Gasteiger partial charge in [-0.25, -0.2) is 0 Å². The lowest BCUT2D eigenvalue weighted by molar-refractivity contribution is 0.317. The normalized spacial score (nSPS) is 11.5. The van der Waals surface area contributed by atoms with Gasteiger partial charge in [0.15, 0.2) is 0 Å². The Kier molecular flexibility index (Phi) is 4.13. The van der Waals surface area contributed by atoms with E-state index in [0.29, 0.717) is 0 Å². The number of oxime groups is 1. The molecule has 0 saturated carbocycles. The van der Waals surface area contributed by atoms with Crippen molar-refractivity contribution in [2.45, 2.75) is 19.8 Å². The molecule has 0 fully saturated rings. The van der Waals surface area contributed by atoms with E-state index in [9.17, 15) is 0 Å². The summed E-state index contributed by atoms with van der Waals surface area (Å²) in [7, 11) is 0.